The van der Waals surface area contributed by atoms with Gasteiger partial charge in [0.25, 0.3) is 0 Å². The van der Waals surface area contributed by atoms with E-state index in [1.165, 1.54) is 10.8 Å². The van der Waals surface area contributed by atoms with Gasteiger partial charge < -0.3 is 9.72 Å². The predicted octanol–water partition coefficient (Wildman–Crippen LogP) is 2.45. The highest BCUT2D eigenvalue weighted by Gasteiger charge is 2.38. The average molecular weight is 413 g/mol. The third kappa shape index (κ3) is 3.68. The molecular weight excluding hydrogens is 394 g/mol. The van der Waals surface area contributed by atoms with Gasteiger partial charge in [-0.1, -0.05) is 48.5 Å². The molecule has 0 fully saturated rings. The number of aromatic nitrogens is 2. The zero-order valence-electron chi connectivity index (χ0n) is 15.4. The summed E-state index contributed by atoms with van der Waals surface area (Å²) in [4.78, 5) is 27.1. The van der Waals surface area contributed by atoms with Gasteiger partial charge in [-0.15, -0.1) is 0 Å². The van der Waals surface area contributed by atoms with Gasteiger partial charge in [0, 0.05) is 12.4 Å². The van der Waals surface area contributed by atoms with Crippen molar-refractivity contribution in [2.24, 2.45) is 0 Å². The lowest BCUT2D eigenvalue weighted by Crippen LogP contribution is -2.45. The fourth-order valence-corrected chi connectivity index (χ4v) is 4.64. The molecule has 29 heavy (non-hydrogen) atoms. The maximum Gasteiger partial charge on any atom is 0.445 e. The number of H-pyrrole nitrogens is 1. The second kappa shape index (κ2) is 7.59. The van der Waals surface area contributed by atoms with Crippen molar-refractivity contribution < 1.29 is 17.9 Å². The molecule has 1 aliphatic heterocycles. The molecule has 8 nitrogen and oxygen atoms in total. The maximum atomic E-state index is 13.0. The number of hydrogen-bond acceptors (Lipinski definition) is 5. The molecule has 4 rings (SSSR count). The van der Waals surface area contributed by atoms with Crippen LogP contribution in [0.2, 0.25) is 0 Å². The molecule has 0 amide bonds. The molecule has 1 atom stereocenters. The van der Waals surface area contributed by atoms with Gasteiger partial charge in [-0.3, -0.25) is 8.87 Å². The molecule has 0 unspecified atom stereocenters. The number of nitrogens with zero attached hydrogens (tertiary/aromatic N) is 2. The van der Waals surface area contributed by atoms with Crippen molar-refractivity contribution >= 4 is 21.0 Å². The van der Waals surface area contributed by atoms with E-state index in [2.05, 4.69) is 4.98 Å². The second-order valence-corrected chi connectivity index (χ2v) is 8.44. The van der Waals surface area contributed by atoms with Crippen LogP contribution in [0.5, 0.6) is 0 Å². The minimum absolute atomic E-state index is 0.0441. The van der Waals surface area contributed by atoms with Crippen LogP contribution >= 0.6 is 0 Å². The molecule has 2 heterocycles. The summed E-state index contributed by atoms with van der Waals surface area (Å²) in [5.74, 6) is 0. The van der Waals surface area contributed by atoms with E-state index < -0.39 is 21.4 Å². The van der Waals surface area contributed by atoms with Crippen molar-refractivity contribution in [1.82, 2.24) is 9.55 Å². The Bertz CT molecular complexity index is 1180. The normalized spacial score (nSPS) is 16.3. The molecular formula is C20H19N3O5S. The number of fused-ring (bicyclic) bond motifs is 1. The number of anilines is 1. The Kier molecular flexibility index (Phi) is 4.98. The number of benzene rings is 2. The highest BCUT2D eigenvalue weighted by atomic mass is 32.2. The first-order valence-electron chi connectivity index (χ1n) is 9.03. The van der Waals surface area contributed by atoms with Crippen LogP contribution in [0.25, 0.3) is 0 Å². The van der Waals surface area contributed by atoms with Crippen LogP contribution in [-0.2, 0) is 27.8 Å². The van der Waals surface area contributed by atoms with E-state index in [1.54, 1.807) is 54.7 Å². The number of ether oxygens (including phenoxy) is 1. The van der Waals surface area contributed by atoms with Gasteiger partial charge in [0.1, 0.15) is 6.61 Å². The minimum Gasteiger partial charge on any atom is -0.448 e. The van der Waals surface area contributed by atoms with E-state index in [-0.39, 0.29) is 18.8 Å². The number of nitrogens with one attached hydrogen (secondary N) is 1. The summed E-state index contributed by atoms with van der Waals surface area (Å²) in [6.07, 6.45) is 3.54. The number of aromatic amines is 1. The number of imidazole rings is 1. The van der Waals surface area contributed by atoms with E-state index in [0.29, 0.717) is 17.7 Å². The number of sulfonamides is 1. The minimum atomic E-state index is -4.44. The highest BCUT2D eigenvalue weighted by Crippen LogP contribution is 2.33. The Morgan fingerprint density at radius 1 is 1.10 bits per heavy atom. The lowest BCUT2D eigenvalue weighted by Gasteiger charge is -2.34. The maximum absolute atomic E-state index is 13.0. The SMILES string of the molecule is O=C(OCc1ccccc1)S(=O)(=O)N1C[C@H](n2cc[nH]c2=O)Cc2ccccc21. The second-order valence-electron chi connectivity index (χ2n) is 6.72. The third-order valence-corrected chi connectivity index (χ3v) is 6.33. The van der Waals surface area contributed by atoms with Crippen molar-refractivity contribution in [2.45, 2.75) is 19.1 Å². The van der Waals surface area contributed by atoms with Gasteiger partial charge in [-0.2, -0.15) is 8.42 Å². The Morgan fingerprint density at radius 3 is 2.55 bits per heavy atom. The fraction of sp³-hybridized carbons (Fsp3) is 0.200. The summed E-state index contributed by atoms with van der Waals surface area (Å²) in [7, 11) is -4.44. The predicted molar refractivity (Wildman–Crippen MR) is 107 cm³/mol. The van der Waals surface area contributed by atoms with Gasteiger partial charge in [0.05, 0.1) is 18.3 Å². The number of hydrogen-bond donors (Lipinski definition) is 1. The zero-order valence-corrected chi connectivity index (χ0v) is 16.2. The first-order chi connectivity index (χ1) is 14.0. The van der Waals surface area contributed by atoms with Crippen molar-refractivity contribution in [3.63, 3.8) is 0 Å². The summed E-state index contributed by atoms with van der Waals surface area (Å²) in [6, 6.07) is 15.3. The van der Waals surface area contributed by atoms with Gasteiger partial charge in [0.2, 0.25) is 0 Å². The van der Waals surface area contributed by atoms with Crippen LogP contribution in [0.4, 0.5) is 10.5 Å². The van der Waals surface area contributed by atoms with Crippen molar-refractivity contribution in [3.8, 4) is 0 Å². The van der Waals surface area contributed by atoms with E-state index in [1.807, 2.05) is 6.07 Å². The number of carbonyl (C=O) groups is 1. The summed E-state index contributed by atoms with van der Waals surface area (Å²) in [5, 5.41) is -1.32. The quantitative estimate of drug-likeness (QED) is 0.662. The van der Waals surface area contributed by atoms with Crippen LogP contribution < -0.4 is 9.99 Å². The molecule has 0 aliphatic carbocycles. The first-order valence-corrected chi connectivity index (χ1v) is 10.5. The van der Waals surface area contributed by atoms with Crippen molar-refractivity contribution in [1.29, 1.82) is 0 Å². The number of para-hydroxylation sites is 1. The highest BCUT2D eigenvalue weighted by molar-refractivity contribution is 8.06. The van der Waals surface area contributed by atoms with Crippen LogP contribution in [0.1, 0.15) is 17.2 Å². The number of carbonyl (C=O) groups excluding carboxylic acids is 1. The first kappa shape index (κ1) is 19.0. The molecule has 1 N–H and O–H groups in total. The molecule has 1 aromatic heterocycles. The van der Waals surface area contributed by atoms with E-state index in [9.17, 15) is 18.0 Å². The molecule has 0 bridgehead atoms. The lowest BCUT2D eigenvalue weighted by atomic mass is 9.99. The molecule has 150 valence electrons. The van der Waals surface area contributed by atoms with Crippen LogP contribution in [0.3, 0.4) is 0 Å². The molecule has 0 radical (unpaired) electrons. The zero-order chi connectivity index (χ0) is 20.4. The van der Waals surface area contributed by atoms with E-state index >= 15 is 0 Å². The molecule has 1 aliphatic rings. The van der Waals surface area contributed by atoms with Gasteiger partial charge >= 0.3 is 21.0 Å². The smallest absolute Gasteiger partial charge is 0.445 e. The lowest BCUT2D eigenvalue weighted by molar-refractivity contribution is 0.165. The standard InChI is InChI=1S/C20H19N3O5S/c24-19-21-10-11-22(19)17-12-16-8-4-5-9-18(16)23(13-17)29(26,27)20(25)28-14-15-6-2-1-3-7-15/h1-11,17H,12-14H2,(H,21,24)/t17-/m1/s1. The van der Waals surface area contributed by atoms with Gasteiger partial charge in [-0.25, -0.2) is 9.59 Å². The summed E-state index contributed by atoms with van der Waals surface area (Å²) in [5.41, 5.74) is 1.51. The topological polar surface area (TPSA) is 101 Å². The van der Waals surface area contributed by atoms with Crippen LogP contribution in [0.15, 0.2) is 71.8 Å². The molecule has 0 saturated carbocycles. The van der Waals surface area contributed by atoms with Crippen molar-refractivity contribution in [2.75, 3.05) is 10.8 Å². The third-order valence-electron chi connectivity index (χ3n) is 4.86. The van der Waals surface area contributed by atoms with Crippen LogP contribution in [0, 0.1) is 0 Å². The van der Waals surface area contributed by atoms with Gasteiger partial charge in [-0.05, 0) is 23.6 Å². The number of rotatable bonds is 4. The summed E-state index contributed by atoms with van der Waals surface area (Å²) in [6.45, 7) is -0.188. The Hall–Kier alpha value is -3.33. The molecule has 0 spiro atoms. The average Bonchev–Trinajstić information content (AvgIpc) is 3.17. The van der Waals surface area contributed by atoms with E-state index in [0.717, 1.165) is 9.87 Å². The molecule has 9 heteroatoms. The molecule has 2 aromatic carbocycles. The molecule has 0 saturated heterocycles. The monoisotopic (exact) mass is 413 g/mol. The Balaban J connectivity index is 1.63. The van der Waals surface area contributed by atoms with Crippen LogP contribution in [-0.4, -0.2) is 29.8 Å². The van der Waals surface area contributed by atoms with Gasteiger partial charge in [0.15, 0.2) is 0 Å². The van der Waals surface area contributed by atoms with E-state index in [4.69, 9.17) is 4.74 Å². The Morgan fingerprint density at radius 2 is 1.83 bits per heavy atom. The largest absolute Gasteiger partial charge is 0.448 e. The Labute approximate surface area is 167 Å². The fourth-order valence-electron chi connectivity index (χ4n) is 3.45. The summed E-state index contributed by atoms with van der Waals surface area (Å²) >= 11 is 0. The summed E-state index contributed by atoms with van der Waals surface area (Å²) < 4.78 is 33.6. The molecule has 3 aromatic rings. The van der Waals surface area contributed by atoms with Crippen molar-refractivity contribution in [3.05, 3.63) is 88.6 Å².